The van der Waals surface area contributed by atoms with Gasteiger partial charge in [0.15, 0.2) is 17.3 Å². The minimum Gasteiger partial charge on any atom is -0.493 e. The van der Waals surface area contributed by atoms with Crippen LogP contribution in [-0.2, 0) is 6.54 Å². The molecule has 1 amide bonds. The summed E-state index contributed by atoms with van der Waals surface area (Å²) in [6.07, 6.45) is 0. The van der Waals surface area contributed by atoms with Gasteiger partial charge < -0.3 is 19.5 Å². The second-order valence-corrected chi connectivity index (χ2v) is 8.25. The van der Waals surface area contributed by atoms with Crippen LogP contribution in [0.5, 0.6) is 17.2 Å². The van der Waals surface area contributed by atoms with Crippen molar-refractivity contribution < 1.29 is 19.0 Å². The third kappa shape index (κ3) is 4.69. The Morgan fingerprint density at radius 3 is 2.22 bits per heavy atom. The van der Waals surface area contributed by atoms with Gasteiger partial charge in [-0.3, -0.25) is 4.79 Å². The van der Waals surface area contributed by atoms with E-state index in [1.807, 2.05) is 72.8 Å². The molecule has 1 heterocycles. The number of nitrogens with zero attached hydrogens (tertiary/aromatic N) is 3. The van der Waals surface area contributed by atoms with Crippen LogP contribution in [0.25, 0.3) is 27.8 Å². The molecule has 0 atom stereocenters. The van der Waals surface area contributed by atoms with Crippen molar-refractivity contribution in [1.29, 1.82) is 0 Å². The van der Waals surface area contributed by atoms with Crippen molar-refractivity contribution in [1.82, 2.24) is 20.1 Å². The van der Waals surface area contributed by atoms with Crippen molar-refractivity contribution in [2.75, 3.05) is 21.3 Å². The van der Waals surface area contributed by atoms with E-state index in [9.17, 15) is 4.79 Å². The van der Waals surface area contributed by atoms with Crippen molar-refractivity contribution in [3.05, 3.63) is 96.3 Å². The van der Waals surface area contributed by atoms with Crippen LogP contribution in [0.4, 0.5) is 0 Å². The molecule has 5 aromatic rings. The van der Waals surface area contributed by atoms with Crippen LogP contribution in [-0.4, -0.2) is 42.0 Å². The maximum atomic E-state index is 13.1. The van der Waals surface area contributed by atoms with E-state index in [0.29, 0.717) is 35.2 Å². The second-order valence-electron chi connectivity index (χ2n) is 8.25. The van der Waals surface area contributed by atoms with E-state index in [-0.39, 0.29) is 11.7 Å². The van der Waals surface area contributed by atoms with Gasteiger partial charge in [-0.15, -0.1) is 5.10 Å². The molecule has 0 saturated heterocycles. The Morgan fingerprint density at radius 2 is 1.51 bits per heavy atom. The molecule has 1 aromatic heterocycles. The Morgan fingerprint density at radius 1 is 0.838 bits per heavy atom. The van der Waals surface area contributed by atoms with Gasteiger partial charge in [-0.25, -0.2) is 9.67 Å². The van der Waals surface area contributed by atoms with Gasteiger partial charge in [0.05, 0.1) is 27.0 Å². The first-order chi connectivity index (χ1) is 18.1. The van der Waals surface area contributed by atoms with Crippen molar-refractivity contribution in [3.8, 4) is 34.3 Å². The number of ether oxygens (including phenoxy) is 3. The van der Waals surface area contributed by atoms with Gasteiger partial charge in [0, 0.05) is 17.5 Å². The molecule has 8 heteroatoms. The zero-order chi connectivity index (χ0) is 25.8. The lowest BCUT2D eigenvalue weighted by molar-refractivity contribution is 0.0940. The number of nitrogens with one attached hydrogen (secondary N) is 1. The molecule has 0 radical (unpaired) electrons. The first-order valence-corrected chi connectivity index (χ1v) is 11.7. The molecule has 0 bridgehead atoms. The predicted molar refractivity (Wildman–Crippen MR) is 142 cm³/mol. The summed E-state index contributed by atoms with van der Waals surface area (Å²) in [5, 5.41) is 9.58. The molecule has 0 spiro atoms. The fourth-order valence-corrected chi connectivity index (χ4v) is 4.22. The van der Waals surface area contributed by atoms with Crippen molar-refractivity contribution in [2.24, 2.45) is 0 Å². The third-order valence-corrected chi connectivity index (χ3v) is 6.02. The van der Waals surface area contributed by atoms with Crippen LogP contribution >= 0.6 is 0 Å². The number of aromatic nitrogens is 3. The number of methoxy groups -OCH3 is 3. The molecule has 8 nitrogen and oxygen atoms in total. The normalized spacial score (nSPS) is 10.8. The summed E-state index contributed by atoms with van der Waals surface area (Å²) in [7, 11) is 4.66. The minimum absolute atomic E-state index is 0.0487. The van der Waals surface area contributed by atoms with Crippen molar-refractivity contribution >= 4 is 16.7 Å². The van der Waals surface area contributed by atoms with Gasteiger partial charge in [0.1, 0.15) is 0 Å². The summed E-state index contributed by atoms with van der Waals surface area (Å²) in [6, 6.07) is 27.2. The summed E-state index contributed by atoms with van der Waals surface area (Å²) in [6.45, 7) is 0.363. The average molecular weight is 495 g/mol. The highest BCUT2D eigenvalue weighted by Crippen LogP contribution is 2.41. The van der Waals surface area contributed by atoms with E-state index in [1.54, 1.807) is 38.1 Å². The summed E-state index contributed by atoms with van der Waals surface area (Å²) in [5.74, 6) is 1.54. The molecule has 0 aliphatic carbocycles. The number of amides is 1. The Kier molecular flexibility index (Phi) is 6.72. The first-order valence-electron chi connectivity index (χ1n) is 11.7. The van der Waals surface area contributed by atoms with Gasteiger partial charge in [-0.1, -0.05) is 66.7 Å². The van der Waals surface area contributed by atoms with Crippen LogP contribution in [0.2, 0.25) is 0 Å². The SMILES string of the molecule is COc1cc(-c2nc(C(=O)NCc3ccccc3)nn2-c2cccc3ccccc23)cc(OC)c1OC. The fourth-order valence-electron chi connectivity index (χ4n) is 4.22. The van der Waals surface area contributed by atoms with Crippen LogP contribution in [0.15, 0.2) is 84.9 Å². The molecular weight excluding hydrogens is 468 g/mol. The molecule has 0 saturated carbocycles. The lowest BCUT2D eigenvalue weighted by atomic mass is 10.1. The Bertz CT molecular complexity index is 1530. The maximum Gasteiger partial charge on any atom is 0.291 e. The molecule has 186 valence electrons. The zero-order valence-electron chi connectivity index (χ0n) is 20.8. The van der Waals surface area contributed by atoms with Gasteiger partial charge in [0.2, 0.25) is 11.6 Å². The molecule has 0 aliphatic rings. The van der Waals surface area contributed by atoms with E-state index in [2.05, 4.69) is 15.4 Å². The predicted octanol–water partition coefficient (Wildman–Crippen LogP) is 5.04. The molecule has 4 aromatic carbocycles. The van der Waals surface area contributed by atoms with Gasteiger partial charge in [-0.2, -0.15) is 0 Å². The van der Waals surface area contributed by atoms with E-state index < -0.39 is 0 Å². The van der Waals surface area contributed by atoms with E-state index >= 15 is 0 Å². The summed E-state index contributed by atoms with van der Waals surface area (Å²) in [4.78, 5) is 17.8. The topological polar surface area (TPSA) is 87.5 Å². The molecule has 0 fully saturated rings. The Balaban J connectivity index is 1.65. The Labute approximate surface area is 214 Å². The second kappa shape index (κ2) is 10.4. The molecular formula is C29H26N4O4. The van der Waals surface area contributed by atoms with Crippen LogP contribution in [0.3, 0.4) is 0 Å². The zero-order valence-corrected chi connectivity index (χ0v) is 20.8. The third-order valence-electron chi connectivity index (χ3n) is 6.02. The maximum absolute atomic E-state index is 13.1. The summed E-state index contributed by atoms with van der Waals surface area (Å²) >= 11 is 0. The van der Waals surface area contributed by atoms with E-state index in [4.69, 9.17) is 14.2 Å². The smallest absolute Gasteiger partial charge is 0.291 e. The molecule has 37 heavy (non-hydrogen) atoms. The highest BCUT2D eigenvalue weighted by atomic mass is 16.5. The number of fused-ring (bicyclic) bond motifs is 1. The largest absolute Gasteiger partial charge is 0.493 e. The monoisotopic (exact) mass is 494 g/mol. The number of carbonyl (C=O) groups is 1. The Hall–Kier alpha value is -4.85. The van der Waals surface area contributed by atoms with Gasteiger partial charge in [-0.05, 0) is 29.1 Å². The minimum atomic E-state index is -0.378. The first kappa shape index (κ1) is 23.9. The number of hydrogen-bond acceptors (Lipinski definition) is 6. The fraction of sp³-hybridized carbons (Fsp3) is 0.138. The molecule has 5 rings (SSSR count). The van der Waals surface area contributed by atoms with Gasteiger partial charge >= 0.3 is 0 Å². The molecule has 0 aliphatic heterocycles. The standard InChI is InChI=1S/C29H26N4O4/c1-35-24-16-21(17-25(36-2)26(24)37-3)28-31-27(29(34)30-18-19-10-5-4-6-11-19)32-33(28)23-15-9-13-20-12-7-8-14-22(20)23/h4-17H,18H2,1-3H3,(H,30,34). The summed E-state index contributed by atoms with van der Waals surface area (Å²) in [5.41, 5.74) is 2.42. The number of benzene rings is 4. The molecule has 0 unspecified atom stereocenters. The highest BCUT2D eigenvalue weighted by molar-refractivity contribution is 5.93. The number of carbonyl (C=O) groups excluding carboxylic acids is 1. The highest BCUT2D eigenvalue weighted by Gasteiger charge is 2.23. The number of rotatable bonds is 8. The summed E-state index contributed by atoms with van der Waals surface area (Å²) < 4.78 is 18.3. The van der Waals surface area contributed by atoms with E-state index in [0.717, 1.165) is 22.0 Å². The van der Waals surface area contributed by atoms with Gasteiger partial charge in [0.25, 0.3) is 5.91 Å². The van der Waals surface area contributed by atoms with Crippen LogP contribution in [0.1, 0.15) is 16.2 Å². The molecule has 1 N–H and O–H groups in total. The average Bonchev–Trinajstić information content (AvgIpc) is 3.40. The quantitative estimate of drug-likeness (QED) is 0.325. The van der Waals surface area contributed by atoms with E-state index in [1.165, 1.54) is 0 Å². The van der Waals surface area contributed by atoms with Crippen LogP contribution < -0.4 is 19.5 Å². The van der Waals surface area contributed by atoms with Crippen molar-refractivity contribution in [2.45, 2.75) is 6.54 Å². The van der Waals surface area contributed by atoms with Crippen molar-refractivity contribution in [3.63, 3.8) is 0 Å². The lowest BCUT2D eigenvalue weighted by Gasteiger charge is -2.15. The van der Waals surface area contributed by atoms with Crippen LogP contribution in [0, 0.1) is 0 Å². The lowest BCUT2D eigenvalue weighted by Crippen LogP contribution is -2.24. The number of hydrogen-bond donors (Lipinski definition) is 1.